The number of aliphatic hydroxyl groups is 1. The Labute approximate surface area is 119 Å². The number of nitrogens with one attached hydrogen (secondary N) is 1. The second-order valence-electron chi connectivity index (χ2n) is 5.24. The number of rotatable bonds is 5. The highest BCUT2D eigenvalue weighted by molar-refractivity contribution is 7.90. The van der Waals surface area contributed by atoms with Crippen LogP contribution in [0.2, 0.25) is 5.02 Å². The molecule has 0 bridgehead atoms. The predicted octanol–water partition coefficient (Wildman–Crippen LogP) is 1.99. The smallest absolute Gasteiger partial charge is 0.175 e. The van der Waals surface area contributed by atoms with Gasteiger partial charge in [0.05, 0.1) is 11.0 Å². The van der Waals surface area contributed by atoms with Crippen LogP contribution in [0.1, 0.15) is 26.3 Å². The quantitative estimate of drug-likeness (QED) is 0.873. The molecule has 1 unspecified atom stereocenters. The monoisotopic (exact) mass is 305 g/mol. The number of benzene rings is 1. The molecule has 0 fully saturated rings. The van der Waals surface area contributed by atoms with Crippen molar-refractivity contribution in [1.29, 1.82) is 0 Å². The van der Waals surface area contributed by atoms with Crippen molar-refractivity contribution in [2.24, 2.45) is 0 Å². The molecule has 1 aromatic rings. The second-order valence-corrected chi connectivity index (χ2v) is 7.63. The number of sulfone groups is 1. The summed E-state index contributed by atoms with van der Waals surface area (Å²) < 4.78 is 23.5. The lowest BCUT2D eigenvalue weighted by Gasteiger charge is -2.30. The first-order chi connectivity index (χ1) is 8.55. The predicted molar refractivity (Wildman–Crippen MR) is 77.2 cm³/mol. The highest BCUT2D eigenvalue weighted by Crippen LogP contribution is 2.24. The second kappa shape index (κ2) is 5.79. The summed E-state index contributed by atoms with van der Waals surface area (Å²) in [5.41, 5.74) is -0.00565. The molecule has 0 amide bonds. The van der Waals surface area contributed by atoms with Crippen molar-refractivity contribution >= 4 is 21.4 Å². The van der Waals surface area contributed by atoms with Gasteiger partial charge in [-0.2, -0.15) is 0 Å². The lowest BCUT2D eigenvalue weighted by atomic mass is 9.98. The van der Waals surface area contributed by atoms with E-state index >= 15 is 0 Å². The normalized spacial score (nSPS) is 14.4. The van der Waals surface area contributed by atoms with Crippen molar-refractivity contribution in [2.45, 2.75) is 43.9 Å². The van der Waals surface area contributed by atoms with Crippen LogP contribution in [0.4, 0.5) is 0 Å². The van der Waals surface area contributed by atoms with Crippen LogP contribution in [0.15, 0.2) is 23.1 Å². The van der Waals surface area contributed by atoms with Crippen molar-refractivity contribution in [2.75, 3.05) is 6.26 Å². The molecular formula is C13H20ClNO3S. The van der Waals surface area contributed by atoms with E-state index < -0.39 is 21.5 Å². The number of aliphatic hydroxyl groups excluding tert-OH is 1. The maximum Gasteiger partial charge on any atom is 0.175 e. The summed E-state index contributed by atoms with van der Waals surface area (Å²) in [4.78, 5) is 0.217. The molecule has 108 valence electrons. The van der Waals surface area contributed by atoms with E-state index in [1.54, 1.807) is 19.1 Å². The van der Waals surface area contributed by atoms with Crippen LogP contribution in [0.5, 0.6) is 0 Å². The molecule has 1 atom stereocenters. The molecule has 19 heavy (non-hydrogen) atoms. The van der Waals surface area contributed by atoms with E-state index in [-0.39, 0.29) is 11.4 Å². The van der Waals surface area contributed by atoms with E-state index in [0.29, 0.717) is 10.6 Å². The fourth-order valence-electron chi connectivity index (χ4n) is 1.52. The van der Waals surface area contributed by atoms with Crippen LogP contribution < -0.4 is 5.32 Å². The van der Waals surface area contributed by atoms with Crippen molar-refractivity contribution in [3.05, 3.63) is 28.8 Å². The third kappa shape index (κ3) is 4.18. The molecule has 6 heteroatoms. The molecular weight excluding hydrogens is 286 g/mol. The van der Waals surface area contributed by atoms with Gasteiger partial charge in [-0.3, -0.25) is 0 Å². The highest BCUT2D eigenvalue weighted by atomic mass is 35.5. The van der Waals surface area contributed by atoms with Gasteiger partial charge in [-0.05, 0) is 32.9 Å². The molecule has 0 aliphatic carbocycles. The zero-order valence-electron chi connectivity index (χ0n) is 11.6. The summed E-state index contributed by atoms with van der Waals surface area (Å²) in [6, 6.07) is 4.80. The Kier molecular flexibility index (Phi) is 5.01. The maximum atomic E-state index is 11.7. The number of hydrogen-bond donors (Lipinski definition) is 2. The molecule has 0 spiro atoms. The fraction of sp³-hybridized carbons (Fsp3) is 0.538. The SMILES string of the molecule is CC(O)C(C)(C)NCc1c(Cl)cccc1S(C)(=O)=O. The van der Waals surface area contributed by atoms with Gasteiger partial charge in [-0.15, -0.1) is 0 Å². The summed E-state index contributed by atoms with van der Waals surface area (Å²) >= 11 is 6.08. The molecule has 0 aliphatic heterocycles. The lowest BCUT2D eigenvalue weighted by molar-refractivity contribution is 0.0955. The molecule has 0 aromatic heterocycles. The van der Waals surface area contributed by atoms with Crippen molar-refractivity contribution in [1.82, 2.24) is 5.32 Å². The third-order valence-electron chi connectivity index (χ3n) is 3.24. The van der Waals surface area contributed by atoms with Gasteiger partial charge in [-0.1, -0.05) is 17.7 Å². The summed E-state index contributed by atoms with van der Waals surface area (Å²) in [6.45, 7) is 5.64. The van der Waals surface area contributed by atoms with Crippen molar-refractivity contribution < 1.29 is 13.5 Å². The molecule has 1 aromatic carbocycles. The van der Waals surface area contributed by atoms with Crippen LogP contribution in [0.3, 0.4) is 0 Å². The Bertz CT molecular complexity index is 553. The van der Waals surface area contributed by atoms with E-state index in [9.17, 15) is 13.5 Å². The van der Waals surface area contributed by atoms with Crippen LogP contribution in [0.25, 0.3) is 0 Å². The zero-order chi connectivity index (χ0) is 14.8. The van der Waals surface area contributed by atoms with Crippen LogP contribution in [-0.2, 0) is 16.4 Å². The Balaban J connectivity index is 3.09. The average Bonchev–Trinajstić information content (AvgIpc) is 2.25. The van der Waals surface area contributed by atoms with E-state index in [4.69, 9.17) is 11.6 Å². The first-order valence-electron chi connectivity index (χ1n) is 5.96. The van der Waals surface area contributed by atoms with E-state index in [0.717, 1.165) is 6.26 Å². The van der Waals surface area contributed by atoms with Crippen LogP contribution >= 0.6 is 11.6 Å². The molecule has 4 nitrogen and oxygen atoms in total. The standard InChI is InChI=1S/C13H20ClNO3S/c1-9(16)13(2,3)15-8-10-11(14)6-5-7-12(10)19(4,17)18/h5-7,9,15-16H,8H2,1-4H3. The van der Waals surface area contributed by atoms with Gasteiger partial charge in [0.15, 0.2) is 9.84 Å². The topological polar surface area (TPSA) is 66.4 Å². The summed E-state index contributed by atoms with van der Waals surface area (Å²) in [5, 5.41) is 13.2. The molecule has 0 aliphatic rings. The molecule has 0 heterocycles. The third-order valence-corrected chi connectivity index (χ3v) is 4.78. The van der Waals surface area contributed by atoms with Crippen LogP contribution in [0, 0.1) is 0 Å². The Morgan fingerprint density at radius 2 is 2.00 bits per heavy atom. The van der Waals surface area contributed by atoms with Gasteiger partial charge in [-0.25, -0.2) is 8.42 Å². The van der Waals surface area contributed by atoms with E-state index in [2.05, 4.69) is 5.32 Å². The van der Waals surface area contributed by atoms with Gasteiger partial charge in [0.1, 0.15) is 0 Å². The van der Waals surface area contributed by atoms with Gasteiger partial charge in [0.25, 0.3) is 0 Å². The highest BCUT2D eigenvalue weighted by Gasteiger charge is 2.25. The van der Waals surface area contributed by atoms with Gasteiger partial charge in [0, 0.05) is 28.9 Å². The maximum absolute atomic E-state index is 11.7. The largest absolute Gasteiger partial charge is 0.392 e. The van der Waals surface area contributed by atoms with Gasteiger partial charge >= 0.3 is 0 Å². The Hall–Kier alpha value is -0.620. The summed E-state index contributed by atoms with van der Waals surface area (Å²) in [5.74, 6) is 0. The number of hydrogen-bond acceptors (Lipinski definition) is 4. The van der Waals surface area contributed by atoms with Crippen molar-refractivity contribution in [3.8, 4) is 0 Å². The molecule has 0 saturated carbocycles. The molecule has 1 rings (SSSR count). The minimum atomic E-state index is -3.33. The minimum absolute atomic E-state index is 0.217. The van der Waals surface area contributed by atoms with E-state index in [1.165, 1.54) is 6.07 Å². The average molecular weight is 306 g/mol. The van der Waals surface area contributed by atoms with Gasteiger partial charge in [0.2, 0.25) is 0 Å². The van der Waals surface area contributed by atoms with Crippen molar-refractivity contribution in [3.63, 3.8) is 0 Å². The van der Waals surface area contributed by atoms with E-state index in [1.807, 2.05) is 13.8 Å². The first-order valence-corrected chi connectivity index (χ1v) is 8.23. The van der Waals surface area contributed by atoms with Crippen LogP contribution in [-0.4, -0.2) is 31.4 Å². The Morgan fingerprint density at radius 3 is 2.47 bits per heavy atom. The first kappa shape index (κ1) is 16.4. The Morgan fingerprint density at radius 1 is 1.42 bits per heavy atom. The number of halogens is 1. The summed E-state index contributed by atoms with van der Waals surface area (Å²) in [6.07, 6.45) is 0.582. The molecule has 2 N–H and O–H groups in total. The fourth-order valence-corrected chi connectivity index (χ4v) is 2.77. The zero-order valence-corrected chi connectivity index (χ0v) is 13.1. The lowest BCUT2D eigenvalue weighted by Crippen LogP contribution is -2.47. The molecule has 0 radical (unpaired) electrons. The minimum Gasteiger partial charge on any atom is -0.392 e. The summed E-state index contributed by atoms with van der Waals surface area (Å²) in [7, 11) is -3.33. The van der Waals surface area contributed by atoms with Gasteiger partial charge < -0.3 is 10.4 Å². The molecule has 0 saturated heterocycles.